The van der Waals surface area contributed by atoms with Crippen LogP contribution in [0.15, 0.2) is 74.5 Å². The van der Waals surface area contributed by atoms with Crippen molar-refractivity contribution in [1.82, 2.24) is 4.90 Å². The summed E-state index contributed by atoms with van der Waals surface area (Å²) in [5, 5.41) is 0.799. The normalized spacial score (nSPS) is 16.1. The van der Waals surface area contributed by atoms with Crippen molar-refractivity contribution in [2.45, 2.75) is 38.8 Å². The maximum atomic E-state index is 13.6. The Hall–Kier alpha value is -3.31. The summed E-state index contributed by atoms with van der Waals surface area (Å²) in [6.45, 7) is 6.65. The first-order valence-electron chi connectivity index (χ1n) is 10.4. The van der Waals surface area contributed by atoms with E-state index in [-0.39, 0.29) is 29.1 Å². The summed E-state index contributed by atoms with van der Waals surface area (Å²) in [6, 6.07) is 15.9. The molecule has 3 heterocycles. The number of halogens is 1. The summed E-state index contributed by atoms with van der Waals surface area (Å²) in [7, 11) is 0. The SMILES string of the molecule is CC(C)(C)c1ccc([C@H]2c3c(oc4ccc(Cl)cc4c3=O)C(=O)N2Cc2ccco2)cc1. The minimum atomic E-state index is -0.587. The van der Waals surface area contributed by atoms with Gasteiger partial charge in [0, 0.05) is 5.02 Å². The number of nitrogens with zero attached hydrogens (tertiary/aromatic N) is 1. The Balaban J connectivity index is 1.71. The molecule has 0 spiro atoms. The van der Waals surface area contributed by atoms with E-state index in [9.17, 15) is 9.59 Å². The molecule has 2 aromatic carbocycles. The van der Waals surface area contributed by atoms with Crippen molar-refractivity contribution < 1.29 is 13.6 Å². The third-order valence-corrected chi connectivity index (χ3v) is 6.16. The number of carbonyl (C=O) groups is 1. The fraction of sp³-hybridized carbons (Fsp3) is 0.231. The molecule has 1 aliphatic heterocycles. The van der Waals surface area contributed by atoms with Gasteiger partial charge in [-0.3, -0.25) is 9.59 Å². The van der Waals surface area contributed by atoms with E-state index in [1.165, 1.54) is 5.56 Å². The van der Waals surface area contributed by atoms with E-state index in [2.05, 4.69) is 20.8 Å². The highest BCUT2D eigenvalue weighted by atomic mass is 35.5. The van der Waals surface area contributed by atoms with Gasteiger partial charge in [-0.1, -0.05) is 56.6 Å². The van der Waals surface area contributed by atoms with Crippen LogP contribution in [0.3, 0.4) is 0 Å². The van der Waals surface area contributed by atoms with Crippen molar-refractivity contribution in [3.8, 4) is 0 Å². The van der Waals surface area contributed by atoms with E-state index >= 15 is 0 Å². The van der Waals surface area contributed by atoms with Gasteiger partial charge in [0.1, 0.15) is 11.3 Å². The Kier molecular flexibility index (Phi) is 4.75. The van der Waals surface area contributed by atoms with Crippen LogP contribution in [0.5, 0.6) is 0 Å². The highest BCUT2D eigenvalue weighted by Crippen LogP contribution is 2.40. The molecule has 32 heavy (non-hydrogen) atoms. The van der Waals surface area contributed by atoms with Gasteiger partial charge in [-0.05, 0) is 46.9 Å². The Morgan fingerprint density at radius 1 is 1.03 bits per heavy atom. The van der Waals surface area contributed by atoms with Crippen LogP contribution in [-0.4, -0.2) is 10.8 Å². The van der Waals surface area contributed by atoms with Crippen molar-refractivity contribution in [3.63, 3.8) is 0 Å². The van der Waals surface area contributed by atoms with Crippen LogP contribution in [0.2, 0.25) is 5.02 Å². The molecule has 0 bridgehead atoms. The number of rotatable bonds is 3. The van der Waals surface area contributed by atoms with Crippen molar-refractivity contribution in [1.29, 1.82) is 0 Å². The summed E-state index contributed by atoms with van der Waals surface area (Å²) in [5.74, 6) is 0.360. The first-order chi connectivity index (χ1) is 15.2. The second-order valence-corrected chi connectivity index (χ2v) is 9.54. The minimum absolute atomic E-state index is 0.0121. The van der Waals surface area contributed by atoms with Gasteiger partial charge < -0.3 is 13.7 Å². The molecule has 4 aromatic rings. The topological polar surface area (TPSA) is 63.7 Å². The van der Waals surface area contributed by atoms with E-state index in [4.69, 9.17) is 20.4 Å². The standard InChI is InChI=1S/C26H22ClNO4/c1-26(2,3)16-8-6-15(7-9-16)22-21-23(29)19-13-17(27)10-11-20(19)32-24(21)25(30)28(22)14-18-5-4-12-31-18/h4-13,22H,14H2,1-3H3/t22-/m0/s1. The molecule has 162 valence electrons. The molecule has 1 amide bonds. The lowest BCUT2D eigenvalue weighted by atomic mass is 9.86. The molecule has 0 aliphatic carbocycles. The molecule has 0 saturated heterocycles. The summed E-state index contributed by atoms with van der Waals surface area (Å²) < 4.78 is 11.4. The van der Waals surface area contributed by atoms with E-state index in [0.717, 1.165) is 5.56 Å². The fourth-order valence-electron chi connectivity index (χ4n) is 4.24. The highest BCUT2D eigenvalue weighted by molar-refractivity contribution is 6.31. The summed E-state index contributed by atoms with van der Waals surface area (Å²) in [5.41, 5.74) is 2.42. The van der Waals surface area contributed by atoms with Gasteiger partial charge in [0.05, 0.1) is 29.8 Å². The second kappa shape index (κ2) is 7.38. The third-order valence-electron chi connectivity index (χ3n) is 5.93. The number of hydrogen-bond donors (Lipinski definition) is 0. The van der Waals surface area contributed by atoms with Crippen LogP contribution in [0.4, 0.5) is 0 Å². The molecular weight excluding hydrogens is 426 g/mol. The van der Waals surface area contributed by atoms with E-state index in [1.54, 1.807) is 35.4 Å². The Labute approximate surface area is 190 Å². The molecular formula is C26H22ClNO4. The van der Waals surface area contributed by atoms with Gasteiger partial charge in [0.2, 0.25) is 5.76 Å². The van der Waals surface area contributed by atoms with Crippen LogP contribution >= 0.6 is 11.6 Å². The fourth-order valence-corrected chi connectivity index (χ4v) is 4.41. The second-order valence-electron chi connectivity index (χ2n) is 9.10. The zero-order valence-electron chi connectivity index (χ0n) is 18.0. The predicted octanol–water partition coefficient (Wildman–Crippen LogP) is 6.08. The minimum Gasteiger partial charge on any atom is -0.467 e. The third kappa shape index (κ3) is 3.33. The molecule has 0 radical (unpaired) electrons. The van der Waals surface area contributed by atoms with E-state index < -0.39 is 6.04 Å². The van der Waals surface area contributed by atoms with Crippen molar-refractivity contribution in [2.75, 3.05) is 0 Å². The van der Waals surface area contributed by atoms with Crippen LogP contribution in [-0.2, 0) is 12.0 Å². The zero-order valence-corrected chi connectivity index (χ0v) is 18.8. The van der Waals surface area contributed by atoms with Crippen LogP contribution in [0.1, 0.15) is 59.8 Å². The number of hydrogen-bond acceptors (Lipinski definition) is 4. The van der Waals surface area contributed by atoms with E-state index in [0.29, 0.717) is 27.3 Å². The number of fused-ring (bicyclic) bond motifs is 2. The Morgan fingerprint density at radius 2 is 1.78 bits per heavy atom. The lowest BCUT2D eigenvalue weighted by Gasteiger charge is -2.25. The number of furan rings is 1. The van der Waals surface area contributed by atoms with Crippen molar-refractivity contribution in [2.24, 2.45) is 0 Å². The number of benzene rings is 2. The molecule has 2 aromatic heterocycles. The van der Waals surface area contributed by atoms with Crippen molar-refractivity contribution >= 4 is 28.5 Å². The molecule has 0 saturated carbocycles. The smallest absolute Gasteiger partial charge is 0.291 e. The first-order valence-corrected chi connectivity index (χ1v) is 10.8. The van der Waals surface area contributed by atoms with Gasteiger partial charge in [-0.15, -0.1) is 0 Å². The lowest BCUT2D eigenvalue weighted by molar-refractivity contribution is 0.0701. The molecule has 0 N–H and O–H groups in total. The number of carbonyl (C=O) groups excluding carboxylic acids is 1. The molecule has 1 atom stereocenters. The summed E-state index contributed by atoms with van der Waals surface area (Å²) in [6.07, 6.45) is 1.57. The quantitative estimate of drug-likeness (QED) is 0.381. The summed E-state index contributed by atoms with van der Waals surface area (Å²) in [4.78, 5) is 28.6. The van der Waals surface area contributed by atoms with Gasteiger partial charge in [0.15, 0.2) is 5.43 Å². The van der Waals surface area contributed by atoms with Crippen LogP contribution < -0.4 is 5.43 Å². The van der Waals surface area contributed by atoms with E-state index in [1.807, 2.05) is 30.3 Å². The molecule has 6 heteroatoms. The van der Waals surface area contributed by atoms with Crippen molar-refractivity contribution in [3.05, 3.63) is 104 Å². The largest absolute Gasteiger partial charge is 0.467 e. The van der Waals surface area contributed by atoms with Gasteiger partial charge in [-0.2, -0.15) is 0 Å². The maximum Gasteiger partial charge on any atom is 0.291 e. The lowest BCUT2D eigenvalue weighted by Crippen LogP contribution is -2.29. The monoisotopic (exact) mass is 447 g/mol. The zero-order chi connectivity index (χ0) is 22.6. The number of amides is 1. The Morgan fingerprint density at radius 3 is 2.44 bits per heavy atom. The summed E-state index contributed by atoms with van der Waals surface area (Å²) >= 11 is 6.14. The van der Waals surface area contributed by atoms with Gasteiger partial charge >= 0.3 is 0 Å². The molecule has 5 nitrogen and oxygen atoms in total. The Bertz CT molecular complexity index is 1380. The molecule has 0 unspecified atom stereocenters. The molecule has 5 rings (SSSR count). The first kappa shape index (κ1) is 20.6. The van der Waals surface area contributed by atoms with Gasteiger partial charge in [-0.25, -0.2) is 0 Å². The van der Waals surface area contributed by atoms with Crippen LogP contribution in [0.25, 0.3) is 11.0 Å². The van der Waals surface area contributed by atoms with Crippen LogP contribution in [0, 0.1) is 0 Å². The average Bonchev–Trinajstić information content (AvgIpc) is 3.36. The highest BCUT2D eigenvalue weighted by Gasteiger charge is 2.43. The molecule has 1 aliphatic rings. The molecule has 0 fully saturated rings. The maximum absolute atomic E-state index is 13.6. The van der Waals surface area contributed by atoms with Gasteiger partial charge in [0.25, 0.3) is 5.91 Å². The average molecular weight is 448 g/mol. The predicted molar refractivity (Wildman–Crippen MR) is 123 cm³/mol.